The molecular formula is C14H17BrN2O6S. The number of ether oxygens (including phenoxy) is 2. The summed E-state index contributed by atoms with van der Waals surface area (Å²) in [5, 5.41) is 0. The van der Waals surface area contributed by atoms with Gasteiger partial charge in [0.25, 0.3) is 5.91 Å². The number of carbonyl (C=O) groups is 2. The summed E-state index contributed by atoms with van der Waals surface area (Å²) in [5.74, 6) is -1.62. The van der Waals surface area contributed by atoms with E-state index < -0.39 is 28.0 Å². The minimum Gasteiger partial charge on any atom is -0.449 e. The van der Waals surface area contributed by atoms with Crippen molar-refractivity contribution in [2.45, 2.75) is 17.9 Å². The largest absolute Gasteiger partial charge is 0.449 e. The van der Waals surface area contributed by atoms with Crippen LogP contribution >= 0.6 is 15.9 Å². The van der Waals surface area contributed by atoms with Crippen molar-refractivity contribution in [3.8, 4) is 0 Å². The number of benzene rings is 1. The zero-order valence-corrected chi connectivity index (χ0v) is 15.3. The van der Waals surface area contributed by atoms with E-state index in [1.807, 2.05) is 0 Å². The number of sulfonamides is 1. The number of hydrogen-bond acceptors (Lipinski definition) is 6. The van der Waals surface area contributed by atoms with Crippen LogP contribution in [-0.4, -0.2) is 57.0 Å². The number of nitrogens with zero attached hydrogens (tertiary/aromatic N) is 1. The van der Waals surface area contributed by atoms with E-state index in [0.29, 0.717) is 17.7 Å². The van der Waals surface area contributed by atoms with E-state index >= 15 is 0 Å². The average Bonchev–Trinajstić information content (AvgIpc) is 2.55. The number of amides is 1. The smallest absolute Gasteiger partial charge is 0.338 e. The molecule has 0 radical (unpaired) electrons. The number of primary amides is 1. The lowest BCUT2D eigenvalue weighted by Crippen LogP contribution is -2.40. The van der Waals surface area contributed by atoms with Crippen LogP contribution in [0.3, 0.4) is 0 Å². The molecule has 0 aromatic heterocycles. The maximum absolute atomic E-state index is 12.7. The maximum Gasteiger partial charge on any atom is 0.338 e. The number of hydrogen-bond donors (Lipinski definition) is 1. The van der Waals surface area contributed by atoms with Crippen LogP contribution in [-0.2, 0) is 24.3 Å². The second-order valence-corrected chi connectivity index (χ2v) is 7.87. The molecule has 0 saturated carbocycles. The van der Waals surface area contributed by atoms with Gasteiger partial charge >= 0.3 is 5.97 Å². The van der Waals surface area contributed by atoms with Crippen molar-refractivity contribution >= 4 is 37.8 Å². The molecule has 1 saturated heterocycles. The van der Waals surface area contributed by atoms with Crippen molar-refractivity contribution in [1.29, 1.82) is 0 Å². The van der Waals surface area contributed by atoms with Crippen LogP contribution in [0.5, 0.6) is 0 Å². The highest BCUT2D eigenvalue weighted by atomic mass is 79.9. The number of morpholine rings is 1. The van der Waals surface area contributed by atoms with Gasteiger partial charge in [0.05, 0.1) is 23.7 Å². The summed E-state index contributed by atoms with van der Waals surface area (Å²) in [6.45, 7) is 2.44. The first-order valence-electron chi connectivity index (χ1n) is 7.11. The summed E-state index contributed by atoms with van der Waals surface area (Å²) in [7, 11) is -3.79. The molecule has 10 heteroatoms. The Morgan fingerprint density at radius 2 is 1.96 bits per heavy atom. The van der Waals surface area contributed by atoms with Gasteiger partial charge in [-0.25, -0.2) is 13.2 Å². The molecule has 0 spiro atoms. The maximum atomic E-state index is 12.7. The predicted molar refractivity (Wildman–Crippen MR) is 87.8 cm³/mol. The van der Waals surface area contributed by atoms with Crippen LogP contribution in [0.25, 0.3) is 0 Å². The third kappa shape index (κ3) is 4.12. The Hall–Kier alpha value is -1.49. The molecule has 2 rings (SSSR count). The fourth-order valence-corrected chi connectivity index (χ4v) is 4.40. The van der Waals surface area contributed by atoms with E-state index in [2.05, 4.69) is 15.9 Å². The van der Waals surface area contributed by atoms with Crippen molar-refractivity contribution in [3.05, 3.63) is 28.2 Å². The molecule has 1 fully saturated rings. The Morgan fingerprint density at radius 3 is 2.54 bits per heavy atom. The van der Waals surface area contributed by atoms with Crippen molar-refractivity contribution in [2.24, 2.45) is 5.73 Å². The van der Waals surface area contributed by atoms with Gasteiger partial charge in [0.15, 0.2) is 6.10 Å². The standard InChI is InChI=1S/C14H17BrN2O6S/c1-9(13(16)18)23-14(19)10-2-3-11(15)12(8-10)24(20,21)17-4-6-22-7-5-17/h2-3,8-9H,4-7H2,1H3,(H2,16,18)/t9-/m1/s1. The second-order valence-electron chi connectivity index (χ2n) is 5.11. The first-order chi connectivity index (χ1) is 11.2. The van der Waals surface area contributed by atoms with Gasteiger partial charge in [0, 0.05) is 17.6 Å². The van der Waals surface area contributed by atoms with Crippen LogP contribution in [0.15, 0.2) is 27.6 Å². The Balaban J connectivity index is 2.31. The molecule has 8 nitrogen and oxygen atoms in total. The molecule has 1 aromatic rings. The second kappa shape index (κ2) is 7.60. The molecule has 132 valence electrons. The van der Waals surface area contributed by atoms with E-state index in [0.717, 1.165) is 0 Å². The van der Waals surface area contributed by atoms with Gasteiger partial charge in [-0.1, -0.05) is 0 Å². The Kier molecular flexibility index (Phi) is 5.97. The summed E-state index contributed by atoms with van der Waals surface area (Å²) < 4.78 is 37.1. The Bertz CT molecular complexity index is 746. The minimum atomic E-state index is -3.79. The van der Waals surface area contributed by atoms with Gasteiger partial charge in [-0.05, 0) is 41.1 Å². The van der Waals surface area contributed by atoms with E-state index in [1.165, 1.54) is 29.4 Å². The third-order valence-corrected chi connectivity index (χ3v) is 6.33. The molecule has 24 heavy (non-hydrogen) atoms. The molecular weight excluding hydrogens is 404 g/mol. The molecule has 1 atom stereocenters. The summed E-state index contributed by atoms with van der Waals surface area (Å²) in [5.41, 5.74) is 5.06. The molecule has 1 amide bonds. The molecule has 1 aliphatic rings. The van der Waals surface area contributed by atoms with Gasteiger partial charge in [-0.3, -0.25) is 4.79 Å². The summed E-state index contributed by atoms with van der Waals surface area (Å²) >= 11 is 3.19. The highest BCUT2D eigenvalue weighted by molar-refractivity contribution is 9.10. The lowest BCUT2D eigenvalue weighted by atomic mass is 10.2. The van der Waals surface area contributed by atoms with Crippen LogP contribution in [0, 0.1) is 0 Å². The average molecular weight is 421 g/mol. The highest BCUT2D eigenvalue weighted by Gasteiger charge is 2.29. The van der Waals surface area contributed by atoms with Crippen LogP contribution in [0.1, 0.15) is 17.3 Å². The highest BCUT2D eigenvalue weighted by Crippen LogP contribution is 2.27. The SMILES string of the molecule is C[C@@H](OC(=O)c1ccc(Br)c(S(=O)(=O)N2CCOCC2)c1)C(N)=O. The topological polar surface area (TPSA) is 116 Å². The monoisotopic (exact) mass is 420 g/mol. The fourth-order valence-electron chi connectivity index (χ4n) is 2.04. The van der Waals surface area contributed by atoms with E-state index in [4.69, 9.17) is 15.2 Å². The van der Waals surface area contributed by atoms with Crippen molar-refractivity contribution in [2.75, 3.05) is 26.3 Å². The zero-order valence-electron chi connectivity index (χ0n) is 12.9. The summed E-state index contributed by atoms with van der Waals surface area (Å²) in [6, 6.07) is 4.06. The van der Waals surface area contributed by atoms with Gasteiger partial charge in [-0.2, -0.15) is 4.31 Å². The van der Waals surface area contributed by atoms with E-state index in [1.54, 1.807) is 0 Å². The quantitative estimate of drug-likeness (QED) is 0.693. The van der Waals surface area contributed by atoms with Crippen molar-refractivity contribution in [3.63, 3.8) is 0 Å². The zero-order chi connectivity index (χ0) is 17.9. The number of nitrogens with two attached hydrogens (primary N) is 1. The van der Waals surface area contributed by atoms with Crippen LogP contribution < -0.4 is 5.73 Å². The molecule has 1 aliphatic heterocycles. The van der Waals surface area contributed by atoms with Crippen LogP contribution in [0.4, 0.5) is 0 Å². The molecule has 1 heterocycles. The Morgan fingerprint density at radius 1 is 1.33 bits per heavy atom. The van der Waals surface area contributed by atoms with E-state index in [-0.39, 0.29) is 23.5 Å². The van der Waals surface area contributed by atoms with Crippen LogP contribution in [0.2, 0.25) is 0 Å². The Labute approximate surface area is 148 Å². The molecule has 0 unspecified atom stereocenters. The lowest BCUT2D eigenvalue weighted by Gasteiger charge is -2.26. The molecule has 0 aliphatic carbocycles. The van der Waals surface area contributed by atoms with Crippen molar-refractivity contribution < 1.29 is 27.5 Å². The van der Waals surface area contributed by atoms with Crippen molar-refractivity contribution in [1.82, 2.24) is 4.31 Å². The van der Waals surface area contributed by atoms with E-state index in [9.17, 15) is 18.0 Å². The number of rotatable bonds is 5. The summed E-state index contributed by atoms with van der Waals surface area (Å²) in [6.07, 6.45) is -1.11. The first kappa shape index (κ1) is 18.8. The van der Waals surface area contributed by atoms with Gasteiger partial charge in [0.2, 0.25) is 10.0 Å². The third-order valence-electron chi connectivity index (χ3n) is 3.44. The predicted octanol–water partition coefficient (Wildman–Crippen LogP) is 0.501. The van der Waals surface area contributed by atoms with Gasteiger partial charge < -0.3 is 15.2 Å². The lowest BCUT2D eigenvalue weighted by molar-refractivity contribution is -0.125. The molecule has 1 aromatic carbocycles. The number of esters is 1. The fraction of sp³-hybridized carbons (Fsp3) is 0.429. The molecule has 2 N–H and O–H groups in total. The number of carbonyl (C=O) groups excluding carboxylic acids is 2. The van der Waals surface area contributed by atoms with Gasteiger partial charge in [0.1, 0.15) is 0 Å². The molecule has 0 bridgehead atoms. The normalized spacial score (nSPS) is 17.2. The first-order valence-corrected chi connectivity index (χ1v) is 9.34. The minimum absolute atomic E-state index is 0.0122. The summed E-state index contributed by atoms with van der Waals surface area (Å²) in [4.78, 5) is 23.0. The number of halogens is 1. The van der Waals surface area contributed by atoms with Gasteiger partial charge in [-0.15, -0.1) is 0 Å².